The van der Waals surface area contributed by atoms with Crippen molar-refractivity contribution in [3.63, 3.8) is 0 Å². The maximum atomic E-state index is 14.0. The number of fused-ring (bicyclic) bond motifs is 5. The Morgan fingerprint density at radius 1 is 0.810 bits per heavy atom. The summed E-state index contributed by atoms with van der Waals surface area (Å²) in [7, 11) is 3.28. The topological polar surface area (TPSA) is 40.8 Å². The van der Waals surface area contributed by atoms with Gasteiger partial charge in [0, 0.05) is 23.3 Å². The first-order chi connectivity index (χ1) is 20.0. The fraction of sp³-hybridized carbons (Fsp3) is 0.206. The summed E-state index contributed by atoms with van der Waals surface area (Å²) >= 11 is 0. The van der Waals surface area contributed by atoms with Crippen LogP contribution in [0.2, 0.25) is 0 Å². The molecule has 7 rings (SSSR count). The Morgan fingerprint density at radius 3 is 2.07 bits per heavy atom. The van der Waals surface area contributed by atoms with Crippen LogP contribution >= 0.6 is 0 Å². The molecular weight excluding hydrogens is 651 g/mol. The zero-order valence-corrected chi connectivity index (χ0v) is 25.3. The molecule has 0 radical (unpaired) electrons. The van der Waals surface area contributed by atoms with Gasteiger partial charge >= 0.3 is 0 Å². The molecule has 0 saturated heterocycles. The standard InChI is InChI=1S/C34H28F2NO4.HI/c1-38-30-12-11-25-28(16-26(20-3-7-23(35)8-4-20)21-5-9-24(36)10-6-21)33-27-17-32-31(40-19-41-32)15-22(27)13-14-37(33)18-29(25)34(30)39-2;/h3-12,15,17-18,26H,13-14,16,19H2,1-2H3;1H/q+1;/p-1. The van der Waals surface area contributed by atoms with Gasteiger partial charge in [0.25, 0.3) is 0 Å². The third kappa shape index (κ3) is 4.81. The number of nitrogens with zero attached hydrogens (tertiary/aromatic N) is 1. The number of benzene rings is 4. The monoisotopic (exact) mass is 679 g/mol. The van der Waals surface area contributed by atoms with Crippen LogP contribution in [0.1, 0.15) is 28.2 Å². The predicted molar refractivity (Wildman–Crippen MR) is 151 cm³/mol. The second kappa shape index (κ2) is 11.4. The fourth-order valence-electron chi connectivity index (χ4n) is 6.24. The van der Waals surface area contributed by atoms with E-state index in [4.69, 9.17) is 18.9 Å². The number of aromatic nitrogens is 1. The lowest BCUT2D eigenvalue weighted by Gasteiger charge is -2.24. The zero-order valence-electron chi connectivity index (χ0n) is 23.1. The fourth-order valence-corrected chi connectivity index (χ4v) is 6.24. The van der Waals surface area contributed by atoms with Crippen molar-refractivity contribution in [2.24, 2.45) is 0 Å². The van der Waals surface area contributed by atoms with Gasteiger partial charge in [0.1, 0.15) is 11.6 Å². The van der Waals surface area contributed by atoms with E-state index in [1.807, 2.05) is 30.3 Å². The SMILES string of the molecule is COc1ccc2c(CC(c3ccc(F)cc3)c3ccc(F)cc3)c3[n+](cc2c1OC)CCc1cc2c(cc1-3)OCO2.[I-]. The number of hydrogen-bond acceptors (Lipinski definition) is 4. The van der Waals surface area contributed by atoms with Crippen molar-refractivity contribution in [1.29, 1.82) is 0 Å². The first-order valence-corrected chi connectivity index (χ1v) is 13.6. The van der Waals surface area contributed by atoms with Gasteiger partial charge in [0.2, 0.25) is 12.5 Å². The minimum atomic E-state index is -0.300. The van der Waals surface area contributed by atoms with E-state index in [1.165, 1.54) is 29.8 Å². The molecule has 2 aliphatic rings. The van der Waals surface area contributed by atoms with E-state index in [0.29, 0.717) is 17.9 Å². The Kier molecular flexibility index (Phi) is 7.66. The van der Waals surface area contributed by atoms with E-state index in [0.717, 1.165) is 63.2 Å². The number of methoxy groups -OCH3 is 2. The molecule has 0 unspecified atom stereocenters. The zero-order chi connectivity index (χ0) is 28.1. The average Bonchev–Trinajstić information content (AvgIpc) is 3.46. The lowest BCUT2D eigenvalue weighted by Crippen LogP contribution is -3.00. The molecule has 0 atom stereocenters. The maximum Gasteiger partial charge on any atom is 0.231 e. The molecule has 0 aliphatic carbocycles. The highest BCUT2D eigenvalue weighted by molar-refractivity contribution is 5.95. The Hall–Kier alpha value is -3.92. The second-order valence-corrected chi connectivity index (χ2v) is 10.4. The molecule has 0 saturated carbocycles. The molecular formula is C34H28F2INO4. The van der Waals surface area contributed by atoms with Gasteiger partial charge in [-0.3, -0.25) is 0 Å². The van der Waals surface area contributed by atoms with Crippen molar-refractivity contribution < 1.29 is 56.3 Å². The van der Waals surface area contributed by atoms with Crippen molar-refractivity contribution >= 4 is 10.8 Å². The van der Waals surface area contributed by atoms with E-state index in [9.17, 15) is 8.78 Å². The summed E-state index contributed by atoms with van der Waals surface area (Å²) in [6.45, 7) is 0.972. The number of aryl methyl sites for hydroxylation is 2. The highest BCUT2D eigenvalue weighted by Gasteiger charge is 2.33. The minimum absolute atomic E-state index is 0. The van der Waals surface area contributed by atoms with E-state index >= 15 is 0 Å². The Bertz CT molecular complexity index is 1750. The average molecular weight is 680 g/mol. The molecule has 214 valence electrons. The smallest absolute Gasteiger partial charge is 0.231 e. The molecule has 3 heterocycles. The lowest BCUT2D eigenvalue weighted by atomic mass is 9.82. The van der Waals surface area contributed by atoms with E-state index in [-0.39, 0.29) is 48.3 Å². The van der Waals surface area contributed by atoms with Gasteiger partial charge in [-0.15, -0.1) is 0 Å². The second-order valence-electron chi connectivity index (χ2n) is 10.4. The molecule has 5 nitrogen and oxygen atoms in total. The van der Waals surface area contributed by atoms with Crippen molar-refractivity contribution in [2.75, 3.05) is 21.0 Å². The Balaban J connectivity index is 0.00000316. The molecule has 0 spiro atoms. The van der Waals surface area contributed by atoms with Crippen LogP contribution in [0.15, 0.2) is 79.0 Å². The largest absolute Gasteiger partial charge is 1.00 e. The molecule has 42 heavy (non-hydrogen) atoms. The van der Waals surface area contributed by atoms with Crippen molar-refractivity contribution in [2.45, 2.75) is 25.3 Å². The van der Waals surface area contributed by atoms with Gasteiger partial charge in [-0.1, -0.05) is 24.3 Å². The quantitative estimate of drug-likeness (QED) is 0.203. The van der Waals surface area contributed by atoms with Crippen molar-refractivity contribution in [3.8, 4) is 34.3 Å². The summed E-state index contributed by atoms with van der Waals surface area (Å²) in [5.41, 5.74) is 6.34. The molecule has 4 aromatic carbocycles. The van der Waals surface area contributed by atoms with Gasteiger partial charge in [-0.05, 0) is 71.6 Å². The number of pyridine rings is 1. The highest BCUT2D eigenvalue weighted by atomic mass is 127. The maximum absolute atomic E-state index is 14.0. The number of hydrogen-bond donors (Lipinski definition) is 0. The lowest BCUT2D eigenvalue weighted by molar-refractivity contribution is -0.686. The summed E-state index contributed by atoms with van der Waals surface area (Å²) in [5, 5.41) is 1.96. The minimum Gasteiger partial charge on any atom is -1.00 e. The number of ether oxygens (including phenoxy) is 4. The van der Waals surface area contributed by atoms with Crippen LogP contribution in [0.4, 0.5) is 8.78 Å². The van der Waals surface area contributed by atoms with Crippen LogP contribution < -0.4 is 47.5 Å². The van der Waals surface area contributed by atoms with Gasteiger partial charge in [0.05, 0.1) is 25.2 Å². The molecule has 0 fully saturated rings. The third-order valence-corrected chi connectivity index (χ3v) is 8.20. The van der Waals surface area contributed by atoms with Crippen LogP contribution in [-0.4, -0.2) is 21.0 Å². The predicted octanol–water partition coefficient (Wildman–Crippen LogP) is 3.75. The van der Waals surface area contributed by atoms with Gasteiger partial charge in [0.15, 0.2) is 35.7 Å². The van der Waals surface area contributed by atoms with Crippen LogP contribution in [0.25, 0.3) is 22.0 Å². The van der Waals surface area contributed by atoms with Gasteiger partial charge in [-0.25, -0.2) is 8.78 Å². The Morgan fingerprint density at radius 2 is 1.45 bits per heavy atom. The van der Waals surface area contributed by atoms with E-state index in [2.05, 4.69) is 29.0 Å². The van der Waals surface area contributed by atoms with Crippen LogP contribution in [0.3, 0.4) is 0 Å². The summed E-state index contributed by atoms with van der Waals surface area (Å²) in [6.07, 6.45) is 3.54. The molecule has 1 aromatic heterocycles. The molecule has 0 amide bonds. The molecule has 0 N–H and O–H groups in total. The highest BCUT2D eigenvalue weighted by Crippen LogP contribution is 2.45. The summed E-state index contributed by atoms with van der Waals surface area (Å²) in [5.74, 6) is 2.04. The summed E-state index contributed by atoms with van der Waals surface area (Å²) in [4.78, 5) is 0. The van der Waals surface area contributed by atoms with Crippen molar-refractivity contribution in [3.05, 3.63) is 113 Å². The summed E-state index contributed by atoms with van der Waals surface area (Å²) in [6, 6.07) is 21.3. The molecule has 2 aliphatic heterocycles. The number of halogens is 3. The first kappa shape index (κ1) is 28.2. The normalized spacial score (nSPS) is 13.0. The molecule has 0 bridgehead atoms. The van der Waals surface area contributed by atoms with Crippen molar-refractivity contribution in [1.82, 2.24) is 0 Å². The molecule has 8 heteroatoms. The van der Waals surface area contributed by atoms with Crippen LogP contribution in [0.5, 0.6) is 23.0 Å². The van der Waals surface area contributed by atoms with Gasteiger partial charge < -0.3 is 42.9 Å². The van der Waals surface area contributed by atoms with Crippen LogP contribution in [0, 0.1) is 11.6 Å². The van der Waals surface area contributed by atoms with Crippen LogP contribution in [-0.2, 0) is 19.4 Å². The number of rotatable bonds is 6. The third-order valence-electron chi connectivity index (χ3n) is 8.20. The first-order valence-electron chi connectivity index (χ1n) is 13.6. The van der Waals surface area contributed by atoms with E-state index < -0.39 is 0 Å². The Labute approximate surface area is 259 Å². The molecule has 5 aromatic rings. The van der Waals surface area contributed by atoms with Gasteiger partial charge in [-0.2, -0.15) is 4.57 Å². The summed E-state index contributed by atoms with van der Waals surface area (Å²) < 4.78 is 53.2. The van der Waals surface area contributed by atoms with E-state index in [1.54, 1.807) is 14.2 Å².